The Kier molecular flexibility index (Phi) is 5.55. The number of pyridine rings is 1. The molecule has 0 radical (unpaired) electrons. The number of fused-ring (bicyclic) bond motifs is 1. The van der Waals surface area contributed by atoms with Crippen LogP contribution in [0.1, 0.15) is 5.56 Å². The first kappa shape index (κ1) is 20.5. The van der Waals surface area contributed by atoms with Gasteiger partial charge in [0.15, 0.2) is 23.2 Å². The lowest BCUT2D eigenvalue weighted by Gasteiger charge is -2.13. The van der Waals surface area contributed by atoms with Gasteiger partial charge in [0.25, 0.3) is 0 Å². The largest absolute Gasteiger partial charge is 0.496 e. The molecule has 154 valence electrons. The monoisotopic (exact) mass is 464 g/mol. The number of anilines is 1. The number of imidazole rings is 1. The summed E-state index contributed by atoms with van der Waals surface area (Å²) in [5, 5.41) is 0.831. The third-order valence-electron chi connectivity index (χ3n) is 4.49. The second kappa shape index (κ2) is 8.14. The number of hydrogen-bond acceptors (Lipinski definition) is 7. The van der Waals surface area contributed by atoms with E-state index in [-0.39, 0.29) is 17.5 Å². The highest BCUT2D eigenvalue weighted by atomic mass is 35.5. The van der Waals surface area contributed by atoms with Crippen molar-refractivity contribution in [2.75, 3.05) is 20.0 Å². The molecule has 8 nitrogen and oxygen atoms in total. The van der Waals surface area contributed by atoms with E-state index in [0.29, 0.717) is 50.0 Å². The number of methoxy groups -OCH3 is 2. The number of benzene rings is 1. The number of hydrogen-bond donors (Lipinski definition) is 1. The number of nitrogens with two attached hydrogens (primary N) is 1. The molecule has 0 aliphatic carbocycles. The van der Waals surface area contributed by atoms with Crippen molar-refractivity contribution in [3.8, 4) is 34.4 Å². The fourth-order valence-electron chi connectivity index (χ4n) is 3.04. The van der Waals surface area contributed by atoms with E-state index in [9.17, 15) is 0 Å². The van der Waals surface area contributed by atoms with Gasteiger partial charge in [-0.15, -0.1) is 0 Å². The Hall–Kier alpha value is -2.81. The predicted octanol–water partition coefficient (Wildman–Crippen LogP) is 4.45. The van der Waals surface area contributed by atoms with Crippen LogP contribution in [0.3, 0.4) is 0 Å². The zero-order valence-corrected chi connectivity index (χ0v) is 18.1. The molecule has 1 aromatic carbocycles. The molecule has 0 atom stereocenters. The summed E-state index contributed by atoms with van der Waals surface area (Å²) in [5.41, 5.74) is 7.61. The molecule has 4 rings (SSSR count). The standard InChI is InChI=1S/C19H15Cl3N6O2/c1-29-11-4-3-5-12(30-2)13(11)18-26-15-17(23)25-8-28(19(15)27-18)7-9-14(21)10(20)6-24-16(9)22/h3-6,8H,7,23H2,1-2H3. The van der Waals surface area contributed by atoms with Crippen molar-refractivity contribution < 1.29 is 9.47 Å². The summed E-state index contributed by atoms with van der Waals surface area (Å²) in [6.45, 7) is 0.218. The summed E-state index contributed by atoms with van der Waals surface area (Å²) in [6.07, 6.45) is 2.93. The molecule has 0 unspecified atom stereocenters. The predicted molar refractivity (Wildman–Crippen MR) is 116 cm³/mol. The molecule has 1 aromatic heterocycles. The average Bonchev–Trinajstić information content (AvgIpc) is 3.21. The molecule has 0 amide bonds. The van der Waals surface area contributed by atoms with Crippen molar-refractivity contribution in [3.05, 3.63) is 51.5 Å². The molecule has 2 N–H and O–H groups in total. The fourth-order valence-corrected chi connectivity index (χ4v) is 3.65. The molecule has 2 aromatic rings. The lowest BCUT2D eigenvalue weighted by atomic mass is 10.1. The molecular weight excluding hydrogens is 451 g/mol. The Morgan fingerprint density at radius 2 is 1.73 bits per heavy atom. The van der Waals surface area contributed by atoms with Gasteiger partial charge < -0.3 is 19.8 Å². The van der Waals surface area contributed by atoms with Gasteiger partial charge in [0.05, 0.1) is 37.1 Å². The van der Waals surface area contributed by atoms with Crippen LogP contribution in [0.25, 0.3) is 22.9 Å². The minimum Gasteiger partial charge on any atom is -0.496 e. The van der Waals surface area contributed by atoms with Crippen LogP contribution in [-0.4, -0.2) is 38.7 Å². The average molecular weight is 466 g/mol. The molecule has 2 aliphatic heterocycles. The van der Waals surface area contributed by atoms with Crippen molar-refractivity contribution in [1.82, 2.24) is 24.5 Å². The number of nitrogens with zero attached hydrogens (tertiary/aromatic N) is 5. The van der Waals surface area contributed by atoms with E-state index in [1.807, 2.05) is 6.07 Å². The van der Waals surface area contributed by atoms with Crippen molar-refractivity contribution >= 4 is 40.6 Å². The summed E-state index contributed by atoms with van der Waals surface area (Å²) < 4.78 is 12.7. The molecule has 0 fully saturated rings. The second-order valence-electron chi connectivity index (χ2n) is 6.20. The summed E-state index contributed by atoms with van der Waals surface area (Å²) in [5.74, 6) is 2.22. The van der Waals surface area contributed by atoms with Crippen LogP contribution >= 0.6 is 34.8 Å². The first-order valence-corrected chi connectivity index (χ1v) is 9.76. The van der Waals surface area contributed by atoms with E-state index in [0.717, 1.165) is 0 Å². The molecule has 30 heavy (non-hydrogen) atoms. The number of rotatable bonds is 5. The van der Waals surface area contributed by atoms with Gasteiger partial charge in [-0.3, -0.25) is 0 Å². The zero-order valence-electron chi connectivity index (χ0n) is 15.9. The Bertz CT molecular complexity index is 1190. The van der Waals surface area contributed by atoms with E-state index in [1.54, 1.807) is 30.9 Å². The highest BCUT2D eigenvalue weighted by Gasteiger charge is 2.24. The maximum atomic E-state index is 6.33. The third kappa shape index (κ3) is 3.47. The van der Waals surface area contributed by atoms with Gasteiger partial charge in [-0.05, 0) is 12.1 Å². The van der Waals surface area contributed by atoms with Crippen LogP contribution in [0.4, 0.5) is 5.82 Å². The quantitative estimate of drug-likeness (QED) is 0.435. The van der Waals surface area contributed by atoms with E-state index >= 15 is 0 Å². The third-order valence-corrected chi connectivity index (χ3v) is 5.63. The van der Waals surface area contributed by atoms with Gasteiger partial charge in [-0.1, -0.05) is 40.9 Å². The molecule has 2 aliphatic rings. The van der Waals surface area contributed by atoms with E-state index in [2.05, 4.69) is 19.9 Å². The second-order valence-corrected chi connectivity index (χ2v) is 7.35. The first-order chi connectivity index (χ1) is 14.4. The number of halogens is 3. The van der Waals surface area contributed by atoms with Crippen molar-refractivity contribution in [2.45, 2.75) is 6.54 Å². The van der Waals surface area contributed by atoms with E-state index < -0.39 is 0 Å². The Balaban J connectivity index is 1.89. The summed E-state index contributed by atoms with van der Waals surface area (Å²) in [7, 11) is 3.13. The lowest BCUT2D eigenvalue weighted by molar-refractivity contribution is 0.397. The fraction of sp³-hybridized carbons (Fsp3) is 0.158. The molecule has 11 heteroatoms. The van der Waals surface area contributed by atoms with Gasteiger partial charge in [-0.25, -0.2) is 19.9 Å². The van der Waals surface area contributed by atoms with Crippen LogP contribution in [-0.2, 0) is 6.54 Å². The maximum absolute atomic E-state index is 6.33. The maximum Gasteiger partial charge on any atom is 0.170 e. The van der Waals surface area contributed by atoms with Crippen molar-refractivity contribution in [2.24, 2.45) is 0 Å². The highest BCUT2D eigenvalue weighted by molar-refractivity contribution is 6.43. The van der Waals surface area contributed by atoms with Crippen LogP contribution < -0.4 is 15.2 Å². The lowest BCUT2D eigenvalue weighted by Crippen LogP contribution is -2.10. The van der Waals surface area contributed by atoms with Gasteiger partial charge in [-0.2, -0.15) is 0 Å². The van der Waals surface area contributed by atoms with E-state index in [4.69, 9.17) is 50.0 Å². The smallest absolute Gasteiger partial charge is 0.170 e. The van der Waals surface area contributed by atoms with Crippen LogP contribution in [0, 0.1) is 0 Å². The van der Waals surface area contributed by atoms with Gasteiger partial charge in [0.2, 0.25) is 0 Å². The van der Waals surface area contributed by atoms with Gasteiger partial charge >= 0.3 is 0 Å². The molecule has 0 saturated heterocycles. The Morgan fingerprint density at radius 1 is 1.03 bits per heavy atom. The molecule has 0 saturated carbocycles. The first-order valence-electron chi connectivity index (χ1n) is 8.62. The summed E-state index contributed by atoms with van der Waals surface area (Å²) in [4.78, 5) is 17.5. The van der Waals surface area contributed by atoms with Crippen LogP contribution in [0.5, 0.6) is 11.5 Å². The minimum atomic E-state index is 0.218. The Labute approximate surface area is 186 Å². The summed E-state index contributed by atoms with van der Waals surface area (Å²) >= 11 is 18.7. The van der Waals surface area contributed by atoms with Crippen LogP contribution in [0.2, 0.25) is 15.2 Å². The Morgan fingerprint density at radius 3 is 2.40 bits per heavy atom. The normalized spacial score (nSPS) is 11.1. The summed E-state index contributed by atoms with van der Waals surface area (Å²) in [6, 6.07) is 5.41. The molecular formula is C19H15Cl3N6O2. The number of nitrogen functional groups attached to an aromatic ring is 1. The van der Waals surface area contributed by atoms with Crippen molar-refractivity contribution in [3.63, 3.8) is 0 Å². The SMILES string of the molecule is COc1cccc(OC)c1-c1nc2c(N)ncn(Cc3c(Cl)ncc(Cl)c3Cl)c-2n1. The molecule has 0 spiro atoms. The van der Waals surface area contributed by atoms with Gasteiger partial charge in [0.1, 0.15) is 22.2 Å². The van der Waals surface area contributed by atoms with Gasteiger partial charge in [0, 0.05) is 11.8 Å². The van der Waals surface area contributed by atoms with E-state index in [1.165, 1.54) is 12.5 Å². The van der Waals surface area contributed by atoms with Crippen LogP contribution in [0.15, 0.2) is 30.7 Å². The number of ether oxygens (including phenoxy) is 2. The molecule has 3 heterocycles. The number of aromatic nitrogens is 5. The topological polar surface area (TPSA) is 101 Å². The van der Waals surface area contributed by atoms with Crippen molar-refractivity contribution in [1.29, 1.82) is 0 Å². The zero-order chi connectivity index (χ0) is 21.4. The highest BCUT2D eigenvalue weighted by Crippen LogP contribution is 2.39. The molecule has 0 bridgehead atoms. The minimum absolute atomic E-state index is 0.218.